The number of fused-ring (bicyclic) bond motifs is 1. The van der Waals surface area contributed by atoms with E-state index in [1.54, 1.807) is 0 Å². The molecular weight excluding hydrogens is 254 g/mol. The van der Waals surface area contributed by atoms with Crippen molar-refractivity contribution >= 4 is 10.8 Å². The van der Waals surface area contributed by atoms with Crippen LogP contribution in [0.1, 0.15) is 22.7 Å². The summed E-state index contributed by atoms with van der Waals surface area (Å²) in [5, 5.41) is 0.0395. The first kappa shape index (κ1) is 12.6. The van der Waals surface area contributed by atoms with Gasteiger partial charge in [0.15, 0.2) is 0 Å². The molecule has 3 atom stereocenters. The second-order valence-electron chi connectivity index (χ2n) is 4.98. The number of hydrogen-bond acceptors (Lipinski definition) is 2. The lowest BCUT2D eigenvalue weighted by atomic mass is 10.1. The third-order valence-electron chi connectivity index (χ3n) is 3.73. The molecular formula is C16H17NOS. The van der Waals surface area contributed by atoms with Crippen molar-refractivity contribution in [1.29, 1.82) is 0 Å². The number of hydrogen-bond donors (Lipinski definition) is 1. The van der Waals surface area contributed by atoms with Crippen LogP contribution in [-0.4, -0.2) is 9.46 Å². The quantitative estimate of drug-likeness (QED) is 0.932. The molecule has 0 aliphatic heterocycles. The van der Waals surface area contributed by atoms with Crippen LogP contribution in [-0.2, 0) is 23.0 Å². The van der Waals surface area contributed by atoms with Gasteiger partial charge in [-0.2, -0.15) is 0 Å². The Morgan fingerprint density at radius 2 is 1.74 bits per heavy atom. The summed E-state index contributed by atoms with van der Waals surface area (Å²) in [6.07, 6.45) is 0.830. The van der Waals surface area contributed by atoms with Crippen molar-refractivity contribution in [3.05, 3.63) is 71.3 Å². The summed E-state index contributed by atoms with van der Waals surface area (Å²) in [6.45, 7) is 0. The van der Waals surface area contributed by atoms with E-state index in [2.05, 4.69) is 12.1 Å². The van der Waals surface area contributed by atoms with Crippen LogP contribution in [0, 0.1) is 0 Å². The third-order valence-corrected chi connectivity index (χ3v) is 5.48. The fourth-order valence-electron chi connectivity index (χ4n) is 2.69. The van der Waals surface area contributed by atoms with Gasteiger partial charge in [-0.25, -0.2) is 0 Å². The molecule has 1 aliphatic carbocycles. The van der Waals surface area contributed by atoms with Crippen molar-refractivity contribution < 1.29 is 4.21 Å². The highest BCUT2D eigenvalue weighted by atomic mass is 32.2. The van der Waals surface area contributed by atoms with Gasteiger partial charge < -0.3 is 5.73 Å². The summed E-state index contributed by atoms with van der Waals surface area (Å²) >= 11 is 0. The summed E-state index contributed by atoms with van der Waals surface area (Å²) in [5.41, 5.74) is 9.78. The molecule has 98 valence electrons. The molecule has 0 heterocycles. The van der Waals surface area contributed by atoms with Gasteiger partial charge in [-0.15, -0.1) is 0 Å². The summed E-state index contributed by atoms with van der Waals surface area (Å²) in [5.74, 6) is 0.590. The Kier molecular flexibility index (Phi) is 3.49. The van der Waals surface area contributed by atoms with E-state index in [9.17, 15) is 4.21 Å². The Morgan fingerprint density at radius 1 is 1.05 bits per heavy atom. The molecule has 0 saturated heterocycles. The molecule has 3 unspecified atom stereocenters. The molecule has 0 radical (unpaired) electrons. The smallest absolute Gasteiger partial charge is 0.0584 e. The van der Waals surface area contributed by atoms with Crippen molar-refractivity contribution in [2.24, 2.45) is 5.73 Å². The summed E-state index contributed by atoms with van der Waals surface area (Å²) in [7, 11) is -0.928. The average Bonchev–Trinajstić information content (AvgIpc) is 2.78. The minimum absolute atomic E-state index is 0.0395. The maximum Gasteiger partial charge on any atom is 0.0584 e. The van der Waals surface area contributed by atoms with E-state index in [4.69, 9.17) is 5.73 Å². The fraction of sp³-hybridized carbons (Fsp3) is 0.250. The lowest BCUT2D eigenvalue weighted by Crippen LogP contribution is -2.27. The summed E-state index contributed by atoms with van der Waals surface area (Å²) in [6, 6.07) is 18.1. The van der Waals surface area contributed by atoms with Crippen LogP contribution in [0.2, 0.25) is 0 Å². The van der Waals surface area contributed by atoms with Crippen LogP contribution in [0.5, 0.6) is 0 Å². The fourth-order valence-corrected chi connectivity index (χ4v) is 4.27. The highest BCUT2D eigenvalue weighted by Gasteiger charge is 2.33. The van der Waals surface area contributed by atoms with Crippen LogP contribution < -0.4 is 5.73 Å². The highest BCUT2D eigenvalue weighted by molar-refractivity contribution is 7.84. The van der Waals surface area contributed by atoms with Gasteiger partial charge in [-0.3, -0.25) is 4.21 Å². The second kappa shape index (κ2) is 5.27. The maximum absolute atomic E-state index is 12.5. The van der Waals surface area contributed by atoms with Gasteiger partial charge in [0.25, 0.3) is 0 Å². The van der Waals surface area contributed by atoms with Crippen LogP contribution in [0.15, 0.2) is 54.6 Å². The van der Waals surface area contributed by atoms with Gasteiger partial charge >= 0.3 is 0 Å². The largest absolute Gasteiger partial charge is 0.323 e. The predicted molar refractivity (Wildman–Crippen MR) is 79.2 cm³/mol. The third kappa shape index (κ3) is 2.48. The van der Waals surface area contributed by atoms with Crippen molar-refractivity contribution in [2.45, 2.75) is 23.5 Å². The van der Waals surface area contributed by atoms with Gasteiger partial charge in [-0.1, -0.05) is 54.6 Å². The molecule has 2 aromatic rings. The Morgan fingerprint density at radius 3 is 2.47 bits per heavy atom. The summed E-state index contributed by atoms with van der Waals surface area (Å²) in [4.78, 5) is 0. The van der Waals surface area contributed by atoms with Gasteiger partial charge in [-0.05, 0) is 23.1 Å². The molecule has 0 amide bonds. The van der Waals surface area contributed by atoms with Crippen LogP contribution in [0.4, 0.5) is 0 Å². The van der Waals surface area contributed by atoms with Crippen LogP contribution in [0.25, 0.3) is 0 Å². The van der Waals surface area contributed by atoms with E-state index in [-0.39, 0.29) is 11.3 Å². The molecule has 2 nitrogen and oxygen atoms in total. The van der Waals surface area contributed by atoms with Gasteiger partial charge in [0.2, 0.25) is 0 Å². The molecule has 0 spiro atoms. The van der Waals surface area contributed by atoms with E-state index in [1.165, 1.54) is 5.56 Å². The second-order valence-corrected chi connectivity index (χ2v) is 6.63. The molecule has 2 N–H and O–H groups in total. The zero-order valence-electron chi connectivity index (χ0n) is 10.7. The van der Waals surface area contributed by atoms with Gasteiger partial charge in [0.1, 0.15) is 0 Å². The Balaban J connectivity index is 1.77. The average molecular weight is 271 g/mol. The first-order chi connectivity index (χ1) is 9.25. The number of benzene rings is 2. The monoisotopic (exact) mass is 271 g/mol. The molecule has 3 rings (SSSR count). The minimum atomic E-state index is -0.928. The first-order valence-electron chi connectivity index (χ1n) is 6.50. The van der Waals surface area contributed by atoms with E-state index in [0.29, 0.717) is 5.75 Å². The van der Waals surface area contributed by atoms with Crippen molar-refractivity contribution in [3.8, 4) is 0 Å². The predicted octanol–water partition coefficient (Wildman–Crippen LogP) is 2.56. The number of nitrogens with two attached hydrogens (primary N) is 1. The van der Waals surface area contributed by atoms with Crippen molar-refractivity contribution in [2.75, 3.05) is 0 Å². The van der Waals surface area contributed by atoms with Crippen LogP contribution >= 0.6 is 0 Å². The van der Waals surface area contributed by atoms with Gasteiger partial charge in [0.05, 0.1) is 5.25 Å². The molecule has 2 aromatic carbocycles. The van der Waals surface area contributed by atoms with Crippen LogP contribution in [0.3, 0.4) is 0 Å². The molecule has 0 saturated carbocycles. The standard InChI is InChI=1S/C16H17NOS/c17-16-14-9-5-4-8-13(14)10-15(16)19(18)11-12-6-2-1-3-7-12/h1-9,15-16H,10-11,17H2. The van der Waals surface area contributed by atoms with Gasteiger partial charge in [0, 0.05) is 22.6 Å². The SMILES string of the molecule is NC1c2ccccc2CC1S(=O)Cc1ccccc1. The van der Waals surface area contributed by atoms with E-state index >= 15 is 0 Å². The zero-order chi connectivity index (χ0) is 13.2. The Hall–Kier alpha value is -1.45. The van der Waals surface area contributed by atoms with Crippen molar-refractivity contribution in [3.63, 3.8) is 0 Å². The Bertz CT molecular complexity index is 597. The molecule has 1 aliphatic rings. The summed E-state index contributed by atoms with van der Waals surface area (Å²) < 4.78 is 12.5. The lowest BCUT2D eigenvalue weighted by molar-refractivity contribution is 0.646. The topological polar surface area (TPSA) is 43.1 Å². The van der Waals surface area contributed by atoms with Crippen molar-refractivity contribution in [1.82, 2.24) is 0 Å². The normalized spacial score (nSPS) is 23.0. The molecule has 19 heavy (non-hydrogen) atoms. The van der Waals surface area contributed by atoms with E-state index in [0.717, 1.165) is 17.5 Å². The van der Waals surface area contributed by atoms with E-state index < -0.39 is 10.8 Å². The first-order valence-corrected chi connectivity index (χ1v) is 7.88. The Labute approximate surface area is 116 Å². The lowest BCUT2D eigenvalue weighted by Gasteiger charge is -2.15. The molecule has 3 heteroatoms. The number of rotatable bonds is 3. The minimum Gasteiger partial charge on any atom is -0.323 e. The van der Waals surface area contributed by atoms with E-state index in [1.807, 2.05) is 42.5 Å². The molecule has 0 aromatic heterocycles. The highest BCUT2D eigenvalue weighted by Crippen LogP contribution is 2.33. The maximum atomic E-state index is 12.5. The molecule has 0 bridgehead atoms. The molecule has 0 fully saturated rings. The zero-order valence-corrected chi connectivity index (χ0v) is 11.5.